The van der Waals surface area contributed by atoms with E-state index in [1.807, 2.05) is 4.90 Å². The Labute approximate surface area is 227 Å². The van der Waals surface area contributed by atoms with E-state index in [0.717, 1.165) is 19.3 Å². The lowest BCUT2D eigenvalue weighted by Crippen LogP contribution is -2.61. The van der Waals surface area contributed by atoms with Gasteiger partial charge in [-0.25, -0.2) is 0 Å². The number of fused-ring (bicyclic) bond motifs is 1. The van der Waals surface area contributed by atoms with Crippen molar-refractivity contribution in [1.29, 1.82) is 0 Å². The molecule has 3 aliphatic heterocycles. The van der Waals surface area contributed by atoms with Crippen LogP contribution in [0.5, 0.6) is 0 Å². The molecule has 3 aliphatic rings. The van der Waals surface area contributed by atoms with Gasteiger partial charge in [0, 0.05) is 23.9 Å². The van der Waals surface area contributed by atoms with Crippen LogP contribution in [0.25, 0.3) is 0 Å². The van der Waals surface area contributed by atoms with E-state index in [1.54, 1.807) is 28.8 Å². The number of nitrogens with zero attached hydrogens (tertiary/aromatic N) is 2. The van der Waals surface area contributed by atoms with Crippen molar-refractivity contribution in [3.8, 4) is 0 Å². The summed E-state index contributed by atoms with van der Waals surface area (Å²) < 4.78 is 4.90. The summed E-state index contributed by atoms with van der Waals surface area (Å²) in [7, 11) is 0. The number of hydrogen-bond acceptors (Lipinski definition) is 6. The minimum Gasteiger partial charge on any atom is -0.465 e. The fraction of sp³-hybridized carbons (Fsp3) is 0.759. The van der Waals surface area contributed by atoms with Gasteiger partial charge in [-0.2, -0.15) is 0 Å². The van der Waals surface area contributed by atoms with Crippen molar-refractivity contribution in [3.05, 3.63) is 25.3 Å². The molecule has 0 aromatic rings. The van der Waals surface area contributed by atoms with Crippen LogP contribution in [-0.2, 0) is 19.1 Å². The molecule has 1 N–H and O–H groups in total. The van der Waals surface area contributed by atoms with Crippen molar-refractivity contribution in [2.24, 2.45) is 23.2 Å². The number of β-amino-alcohol motifs (C(OH)–C–C–N with tert-alkyl or cyclic N) is 1. The molecule has 3 heterocycles. The van der Waals surface area contributed by atoms with Crippen molar-refractivity contribution in [3.63, 3.8) is 0 Å². The van der Waals surface area contributed by atoms with Gasteiger partial charge in [-0.05, 0) is 50.9 Å². The largest absolute Gasteiger partial charge is 0.465 e. The minimum atomic E-state index is -0.750. The molecule has 0 aromatic heterocycles. The highest BCUT2D eigenvalue weighted by Gasteiger charge is 2.76. The molecular weight excluding hydrogens is 488 g/mol. The molecule has 2 amide bonds. The lowest BCUT2D eigenvalue weighted by atomic mass is 9.66. The molecule has 208 valence electrons. The maximum Gasteiger partial charge on any atom is 0.310 e. The molecule has 3 unspecified atom stereocenters. The van der Waals surface area contributed by atoms with Gasteiger partial charge in [-0.15, -0.1) is 24.9 Å². The van der Waals surface area contributed by atoms with E-state index in [0.29, 0.717) is 19.6 Å². The number of aliphatic hydroxyl groups excluding tert-OH is 1. The van der Waals surface area contributed by atoms with E-state index in [4.69, 9.17) is 4.74 Å². The van der Waals surface area contributed by atoms with Crippen LogP contribution in [-0.4, -0.2) is 80.6 Å². The lowest BCUT2D eigenvalue weighted by molar-refractivity contribution is -0.154. The second-order valence-electron chi connectivity index (χ2n) is 12.7. The van der Waals surface area contributed by atoms with Gasteiger partial charge in [0.1, 0.15) is 6.04 Å². The Kier molecular flexibility index (Phi) is 8.95. The number of aliphatic hydroxyl groups is 1. The average molecular weight is 535 g/mol. The van der Waals surface area contributed by atoms with E-state index in [1.165, 1.54) is 0 Å². The number of rotatable bonds is 12. The summed E-state index contributed by atoms with van der Waals surface area (Å²) >= 11 is 1.63. The molecule has 3 rings (SSSR count). The van der Waals surface area contributed by atoms with Crippen molar-refractivity contribution in [1.82, 2.24) is 9.80 Å². The second kappa shape index (κ2) is 11.1. The summed E-state index contributed by atoms with van der Waals surface area (Å²) in [4.78, 5) is 45.2. The van der Waals surface area contributed by atoms with E-state index in [9.17, 15) is 19.5 Å². The summed E-state index contributed by atoms with van der Waals surface area (Å²) in [5.74, 6) is -1.83. The van der Waals surface area contributed by atoms with Gasteiger partial charge in [-0.3, -0.25) is 14.4 Å². The zero-order chi connectivity index (χ0) is 27.8. The highest BCUT2D eigenvalue weighted by Crippen LogP contribution is 2.68. The fourth-order valence-electron chi connectivity index (χ4n) is 7.22. The maximum atomic E-state index is 14.6. The molecule has 0 radical (unpaired) electrons. The molecule has 7 nitrogen and oxygen atoms in total. The Morgan fingerprint density at radius 1 is 1.24 bits per heavy atom. The van der Waals surface area contributed by atoms with Crippen LogP contribution in [0, 0.1) is 23.2 Å². The van der Waals surface area contributed by atoms with Gasteiger partial charge < -0.3 is 19.6 Å². The van der Waals surface area contributed by atoms with Crippen LogP contribution in [0.3, 0.4) is 0 Å². The van der Waals surface area contributed by atoms with E-state index in [-0.39, 0.29) is 47.5 Å². The number of unbranched alkanes of at least 4 members (excludes halogenated alkanes) is 1. The molecular formula is C29H46N2O5S. The smallest absolute Gasteiger partial charge is 0.310 e. The van der Waals surface area contributed by atoms with Gasteiger partial charge in [0.25, 0.3) is 0 Å². The number of amides is 2. The first-order valence-corrected chi connectivity index (χ1v) is 14.4. The molecule has 1 spiro atoms. The zero-order valence-electron chi connectivity index (χ0n) is 23.5. The first kappa shape index (κ1) is 29.8. The maximum absolute atomic E-state index is 14.6. The van der Waals surface area contributed by atoms with Crippen LogP contribution >= 0.6 is 11.8 Å². The number of allylic oxidation sites excluding steroid dienone is 1. The van der Waals surface area contributed by atoms with Crippen LogP contribution < -0.4 is 0 Å². The van der Waals surface area contributed by atoms with Crippen molar-refractivity contribution in [2.45, 2.75) is 88.8 Å². The highest BCUT2D eigenvalue weighted by molar-refractivity contribution is 8.02. The summed E-state index contributed by atoms with van der Waals surface area (Å²) in [5.41, 5.74) is -0.505. The predicted octanol–water partition coefficient (Wildman–Crippen LogP) is 4.05. The minimum absolute atomic E-state index is 0.0192. The van der Waals surface area contributed by atoms with Gasteiger partial charge in [0.2, 0.25) is 11.8 Å². The molecule has 37 heavy (non-hydrogen) atoms. The van der Waals surface area contributed by atoms with Crippen molar-refractivity contribution >= 4 is 29.5 Å². The Hall–Kier alpha value is -1.80. The third kappa shape index (κ3) is 5.38. The third-order valence-electron chi connectivity index (χ3n) is 8.16. The van der Waals surface area contributed by atoms with Gasteiger partial charge in [0.05, 0.1) is 29.8 Å². The summed E-state index contributed by atoms with van der Waals surface area (Å²) in [6, 6.07) is -0.750. The Balaban J connectivity index is 2.01. The number of carbonyl (C=O) groups excluding carboxylic acids is 3. The topological polar surface area (TPSA) is 87.2 Å². The number of hydrogen-bond donors (Lipinski definition) is 1. The highest BCUT2D eigenvalue weighted by atomic mass is 32.2. The number of ether oxygens (including phenoxy) is 1. The van der Waals surface area contributed by atoms with Crippen molar-refractivity contribution in [2.75, 3.05) is 26.3 Å². The average Bonchev–Trinajstić information content (AvgIpc) is 3.37. The molecule has 3 saturated heterocycles. The monoisotopic (exact) mass is 534 g/mol. The molecule has 0 aliphatic carbocycles. The Morgan fingerprint density at radius 3 is 2.49 bits per heavy atom. The zero-order valence-corrected chi connectivity index (χ0v) is 24.3. The summed E-state index contributed by atoms with van der Waals surface area (Å²) in [6.07, 6.45) is 6.49. The van der Waals surface area contributed by atoms with E-state index in [2.05, 4.69) is 54.7 Å². The van der Waals surface area contributed by atoms with Crippen LogP contribution in [0.15, 0.2) is 25.3 Å². The number of carbonyl (C=O) groups is 3. The van der Waals surface area contributed by atoms with Crippen molar-refractivity contribution < 1.29 is 24.2 Å². The van der Waals surface area contributed by atoms with E-state index < -0.39 is 28.2 Å². The van der Waals surface area contributed by atoms with Crippen LogP contribution in [0.4, 0.5) is 0 Å². The lowest BCUT2D eigenvalue weighted by Gasteiger charge is -2.46. The fourth-order valence-corrected chi connectivity index (χ4v) is 9.62. The number of esters is 1. The summed E-state index contributed by atoms with van der Waals surface area (Å²) in [6.45, 7) is 20.8. The Bertz CT molecular complexity index is 912. The van der Waals surface area contributed by atoms with Gasteiger partial charge in [-0.1, -0.05) is 39.8 Å². The van der Waals surface area contributed by atoms with Crippen LogP contribution in [0.2, 0.25) is 0 Å². The van der Waals surface area contributed by atoms with Gasteiger partial charge in [0.15, 0.2) is 0 Å². The third-order valence-corrected chi connectivity index (χ3v) is 10.2. The summed E-state index contributed by atoms with van der Waals surface area (Å²) in [5, 5.41) is 9.84. The first-order valence-electron chi connectivity index (χ1n) is 13.6. The molecule has 8 heteroatoms. The normalized spacial score (nSPS) is 30.8. The molecule has 0 saturated carbocycles. The quantitative estimate of drug-likeness (QED) is 0.231. The second-order valence-corrected chi connectivity index (χ2v) is 14.2. The SMILES string of the molecule is C=CCCCOC(=O)[C@@H]1[C@@H]2CC(C)C3(S2)C(C(=O)N(CC=C)C(C)(C)CC(C)(C)C)N(CCO)C(=O)[C@H]13. The predicted molar refractivity (Wildman–Crippen MR) is 148 cm³/mol. The molecule has 3 fully saturated rings. The first-order chi connectivity index (χ1) is 17.3. The standard InChI is InChI=1S/C29H46N2O5S/c1-9-11-12-16-36-26(35)21-20-17-19(3)29(37-20)22(21)24(33)30(14-15-32)23(29)25(34)31(13-10-2)28(7,8)18-27(4,5)6/h9-10,19-23,32H,1-2,11-18H2,3-8H3/t19?,20-,21+,22-,23?,29?/m0/s1. The van der Waals surface area contributed by atoms with Gasteiger partial charge >= 0.3 is 5.97 Å². The van der Waals surface area contributed by atoms with E-state index >= 15 is 0 Å². The number of likely N-dealkylation sites (tertiary alicyclic amines) is 1. The Morgan fingerprint density at radius 2 is 1.92 bits per heavy atom. The number of thioether (sulfide) groups is 1. The molecule has 0 aromatic carbocycles. The molecule has 6 atom stereocenters. The molecule has 2 bridgehead atoms. The van der Waals surface area contributed by atoms with Crippen LogP contribution in [0.1, 0.15) is 67.2 Å².